The Balaban J connectivity index is 4.46. The van der Waals surface area contributed by atoms with E-state index in [1.807, 2.05) is 13.8 Å². The molecule has 0 aromatic heterocycles. The van der Waals surface area contributed by atoms with Crippen LogP contribution in [0.5, 0.6) is 0 Å². The number of nitriles is 2. The summed E-state index contributed by atoms with van der Waals surface area (Å²) in [5.74, 6) is -0.118. The van der Waals surface area contributed by atoms with Crippen LogP contribution in [0.3, 0.4) is 0 Å². The van der Waals surface area contributed by atoms with Crippen molar-refractivity contribution in [2.75, 3.05) is 0 Å². The fraction of sp³-hybridized carbons (Fsp3) is 0.444. The Morgan fingerprint density at radius 2 is 2.00 bits per heavy atom. The first-order valence-electron chi connectivity index (χ1n) is 4.11. The van der Waals surface area contributed by atoms with E-state index in [0.717, 1.165) is 0 Å². The van der Waals surface area contributed by atoms with Crippen molar-refractivity contribution in [1.82, 2.24) is 5.32 Å². The molecule has 0 atom stereocenters. The van der Waals surface area contributed by atoms with Crippen LogP contribution in [0.25, 0.3) is 0 Å². The Bertz CT molecular complexity index is 330. The topological polar surface area (TPSA) is 103 Å². The third-order valence-electron chi connectivity index (χ3n) is 1.36. The van der Waals surface area contributed by atoms with Crippen molar-refractivity contribution < 1.29 is 4.79 Å². The average molecular weight is 192 g/mol. The SMILES string of the molecule is CC(C)CC(=O)NC(C#N)=C(N)C#N. The summed E-state index contributed by atoms with van der Waals surface area (Å²) in [6.07, 6.45) is 0.296. The Morgan fingerprint density at radius 1 is 1.43 bits per heavy atom. The monoisotopic (exact) mass is 192 g/mol. The van der Waals surface area contributed by atoms with Gasteiger partial charge in [-0.2, -0.15) is 10.5 Å². The van der Waals surface area contributed by atoms with Crippen molar-refractivity contribution in [3.8, 4) is 12.1 Å². The largest absolute Gasteiger partial charge is 0.388 e. The smallest absolute Gasteiger partial charge is 0.225 e. The van der Waals surface area contributed by atoms with Gasteiger partial charge in [-0.1, -0.05) is 13.8 Å². The van der Waals surface area contributed by atoms with E-state index >= 15 is 0 Å². The predicted molar refractivity (Wildman–Crippen MR) is 50.0 cm³/mol. The van der Waals surface area contributed by atoms with Crippen LogP contribution in [0, 0.1) is 28.6 Å². The molecule has 0 aliphatic carbocycles. The molecule has 5 nitrogen and oxygen atoms in total. The van der Waals surface area contributed by atoms with Crippen LogP contribution in [0.1, 0.15) is 20.3 Å². The van der Waals surface area contributed by atoms with E-state index in [2.05, 4.69) is 5.32 Å². The van der Waals surface area contributed by atoms with Crippen molar-refractivity contribution in [2.45, 2.75) is 20.3 Å². The Kier molecular flexibility index (Phi) is 4.80. The first-order chi connectivity index (χ1) is 6.51. The molecule has 0 aromatic rings. The number of allylic oxidation sites excluding steroid dienone is 2. The summed E-state index contributed by atoms with van der Waals surface area (Å²) in [6, 6.07) is 3.25. The number of hydrogen-bond acceptors (Lipinski definition) is 4. The van der Waals surface area contributed by atoms with Gasteiger partial charge in [0, 0.05) is 6.42 Å². The third kappa shape index (κ3) is 4.13. The van der Waals surface area contributed by atoms with Crippen molar-refractivity contribution >= 4 is 5.91 Å². The molecular weight excluding hydrogens is 180 g/mol. The number of amides is 1. The fourth-order valence-electron chi connectivity index (χ4n) is 0.773. The molecule has 1 amide bonds. The lowest BCUT2D eigenvalue weighted by molar-refractivity contribution is -0.121. The number of carbonyl (C=O) groups excluding carboxylic acids is 1. The zero-order chi connectivity index (χ0) is 11.1. The van der Waals surface area contributed by atoms with Crippen molar-refractivity contribution in [2.24, 2.45) is 11.7 Å². The van der Waals surface area contributed by atoms with Crippen LogP contribution in [0.15, 0.2) is 11.4 Å². The molecule has 0 rings (SSSR count). The predicted octanol–water partition coefficient (Wildman–Crippen LogP) is 0.366. The number of nitrogens with two attached hydrogens (primary N) is 1. The molecule has 0 aliphatic rings. The highest BCUT2D eigenvalue weighted by molar-refractivity contribution is 5.79. The summed E-state index contributed by atoms with van der Waals surface area (Å²) < 4.78 is 0. The molecule has 0 aromatic carbocycles. The van der Waals surface area contributed by atoms with Gasteiger partial charge in [0.1, 0.15) is 17.8 Å². The van der Waals surface area contributed by atoms with E-state index in [4.69, 9.17) is 16.3 Å². The maximum absolute atomic E-state index is 11.2. The molecule has 0 bridgehead atoms. The third-order valence-corrected chi connectivity index (χ3v) is 1.36. The molecule has 5 heteroatoms. The van der Waals surface area contributed by atoms with E-state index in [1.54, 1.807) is 12.1 Å². The molecule has 14 heavy (non-hydrogen) atoms. The first kappa shape index (κ1) is 12.0. The summed E-state index contributed by atoms with van der Waals surface area (Å²) in [5, 5.41) is 19.2. The molecule has 0 radical (unpaired) electrons. The average Bonchev–Trinajstić information content (AvgIpc) is 2.11. The van der Waals surface area contributed by atoms with Gasteiger partial charge in [-0.25, -0.2) is 0 Å². The minimum Gasteiger partial charge on any atom is -0.388 e. The molecular formula is C9H12N4O. The highest BCUT2D eigenvalue weighted by Gasteiger charge is 2.09. The number of rotatable bonds is 3. The standard InChI is InChI=1S/C9H12N4O/c1-6(2)3-9(14)13-8(5-11)7(12)4-10/h6H,3,12H2,1-2H3,(H,13,14). The van der Waals surface area contributed by atoms with Crippen molar-refractivity contribution in [1.29, 1.82) is 10.5 Å². The van der Waals surface area contributed by atoms with Gasteiger partial charge in [0.2, 0.25) is 5.91 Å². The molecule has 74 valence electrons. The van der Waals surface area contributed by atoms with Gasteiger partial charge in [-0.15, -0.1) is 0 Å². The normalized spacial score (nSPS) is 11.2. The molecule has 0 saturated carbocycles. The molecule has 0 unspecified atom stereocenters. The second kappa shape index (κ2) is 5.60. The summed E-state index contributed by atoms with van der Waals surface area (Å²) in [6.45, 7) is 3.76. The quantitative estimate of drug-likeness (QED) is 0.630. The molecule has 0 heterocycles. The number of nitrogens with zero attached hydrogens (tertiary/aromatic N) is 2. The zero-order valence-electron chi connectivity index (χ0n) is 8.16. The van der Waals surface area contributed by atoms with E-state index in [1.165, 1.54) is 0 Å². The summed E-state index contributed by atoms with van der Waals surface area (Å²) in [5.41, 5.74) is 4.73. The fourth-order valence-corrected chi connectivity index (χ4v) is 0.773. The van der Waals surface area contributed by atoms with Gasteiger partial charge in [0.05, 0.1) is 0 Å². The van der Waals surface area contributed by atoms with Gasteiger partial charge >= 0.3 is 0 Å². The van der Waals surface area contributed by atoms with Gasteiger partial charge in [0.15, 0.2) is 5.70 Å². The van der Waals surface area contributed by atoms with Crippen LogP contribution >= 0.6 is 0 Å². The molecule has 0 spiro atoms. The van der Waals surface area contributed by atoms with Crippen LogP contribution < -0.4 is 11.1 Å². The Morgan fingerprint density at radius 3 is 2.36 bits per heavy atom. The Labute approximate surface area is 82.8 Å². The maximum atomic E-state index is 11.2. The summed E-state index contributed by atoms with van der Waals surface area (Å²) in [4.78, 5) is 11.2. The minimum absolute atomic E-state index is 0.182. The molecule has 3 N–H and O–H groups in total. The minimum atomic E-state index is -0.310. The molecule has 0 saturated heterocycles. The van der Waals surface area contributed by atoms with Crippen molar-refractivity contribution in [3.63, 3.8) is 0 Å². The molecule has 0 aliphatic heterocycles. The van der Waals surface area contributed by atoms with E-state index in [9.17, 15) is 4.79 Å². The zero-order valence-corrected chi connectivity index (χ0v) is 8.16. The molecule has 0 fully saturated rings. The summed E-state index contributed by atoms with van der Waals surface area (Å²) >= 11 is 0. The highest BCUT2D eigenvalue weighted by atomic mass is 16.1. The van der Waals surface area contributed by atoms with Crippen LogP contribution in [-0.4, -0.2) is 5.91 Å². The number of hydrogen-bond donors (Lipinski definition) is 2. The number of nitrogens with one attached hydrogen (secondary N) is 1. The number of carbonyl (C=O) groups is 1. The second-order valence-electron chi connectivity index (χ2n) is 3.16. The van der Waals surface area contributed by atoms with Gasteiger partial charge in [-0.3, -0.25) is 4.79 Å². The van der Waals surface area contributed by atoms with E-state index in [-0.39, 0.29) is 23.2 Å². The van der Waals surface area contributed by atoms with E-state index in [0.29, 0.717) is 6.42 Å². The lowest BCUT2D eigenvalue weighted by Gasteiger charge is -2.05. The highest BCUT2D eigenvalue weighted by Crippen LogP contribution is 2.00. The first-order valence-corrected chi connectivity index (χ1v) is 4.11. The second-order valence-corrected chi connectivity index (χ2v) is 3.16. The van der Waals surface area contributed by atoms with Crippen molar-refractivity contribution in [3.05, 3.63) is 11.4 Å². The van der Waals surface area contributed by atoms with Gasteiger partial charge < -0.3 is 11.1 Å². The van der Waals surface area contributed by atoms with Gasteiger partial charge in [-0.05, 0) is 5.92 Å². The lowest BCUT2D eigenvalue weighted by atomic mass is 10.1. The lowest BCUT2D eigenvalue weighted by Crippen LogP contribution is -2.25. The Hall–Kier alpha value is -2.01. The van der Waals surface area contributed by atoms with Crippen LogP contribution in [-0.2, 0) is 4.79 Å². The summed E-state index contributed by atoms with van der Waals surface area (Å²) in [7, 11) is 0. The maximum Gasteiger partial charge on any atom is 0.225 e. The van der Waals surface area contributed by atoms with Crippen LogP contribution in [0.4, 0.5) is 0 Å². The van der Waals surface area contributed by atoms with E-state index < -0.39 is 0 Å². The van der Waals surface area contributed by atoms with Crippen LogP contribution in [0.2, 0.25) is 0 Å². The van der Waals surface area contributed by atoms with Gasteiger partial charge in [0.25, 0.3) is 0 Å².